The minimum absolute atomic E-state index is 0. The maximum absolute atomic E-state index is 11.5. The molecule has 0 spiro atoms. The summed E-state index contributed by atoms with van der Waals surface area (Å²) in [5, 5.41) is 6.68. The van der Waals surface area contributed by atoms with Gasteiger partial charge in [-0.15, -0.1) is 12.4 Å². The molecule has 0 bridgehead atoms. The van der Waals surface area contributed by atoms with Crippen LogP contribution in [0.2, 0.25) is 5.02 Å². The smallest absolute Gasteiger partial charge is 0.224 e. The molecular formula is C12H18Cl2N2O. The molecule has 17 heavy (non-hydrogen) atoms. The molecule has 0 saturated carbocycles. The van der Waals surface area contributed by atoms with Crippen molar-refractivity contribution in [1.29, 1.82) is 0 Å². The molecule has 0 aliphatic rings. The average molecular weight is 277 g/mol. The summed E-state index contributed by atoms with van der Waals surface area (Å²) in [5.74, 6) is 0.0419. The molecule has 0 fully saturated rings. The van der Waals surface area contributed by atoms with Crippen molar-refractivity contribution >= 4 is 29.9 Å². The Labute approximate surface area is 113 Å². The molecule has 0 aliphatic carbocycles. The average Bonchev–Trinajstić information content (AvgIpc) is 2.28. The molecule has 0 unspecified atom stereocenters. The summed E-state index contributed by atoms with van der Waals surface area (Å²) >= 11 is 5.76. The standard InChI is InChI=1S/C12H17ClN2O.ClH/c1-2-14-7-8-15-12(16)9-10-3-5-11(13)6-4-10;/h3-6,14H,2,7-9H2,1H3,(H,15,16);1H. The fourth-order valence-electron chi connectivity index (χ4n) is 1.32. The summed E-state index contributed by atoms with van der Waals surface area (Å²) in [6.07, 6.45) is 0.406. The topological polar surface area (TPSA) is 41.1 Å². The number of nitrogens with one attached hydrogen (secondary N) is 2. The van der Waals surface area contributed by atoms with Crippen LogP contribution in [-0.2, 0) is 11.2 Å². The van der Waals surface area contributed by atoms with Crippen LogP contribution in [0, 0.1) is 0 Å². The highest BCUT2D eigenvalue weighted by Gasteiger charge is 2.01. The second kappa shape index (κ2) is 9.28. The minimum atomic E-state index is 0. The molecule has 2 N–H and O–H groups in total. The Bertz CT molecular complexity index is 328. The monoisotopic (exact) mass is 276 g/mol. The van der Waals surface area contributed by atoms with E-state index in [1.54, 1.807) is 12.1 Å². The first-order valence-corrected chi connectivity index (χ1v) is 5.82. The summed E-state index contributed by atoms with van der Waals surface area (Å²) in [5.41, 5.74) is 0.977. The molecule has 0 aromatic heterocycles. The number of rotatable bonds is 6. The molecule has 3 nitrogen and oxygen atoms in total. The fourth-order valence-corrected chi connectivity index (χ4v) is 1.44. The molecule has 96 valence electrons. The maximum Gasteiger partial charge on any atom is 0.224 e. The molecule has 1 aromatic rings. The van der Waals surface area contributed by atoms with Crippen LogP contribution < -0.4 is 10.6 Å². The van der Waals surface area contributed by atoms with Crippen molar-refractivity contribution in [3.05, 3.63) is 34.9 Å². The Morgan fingerprint density at radius 1 is 1.24 bits per heavy atom. The zero-order chi connectivity index (χ0) is 11.8. The molecule has 0 heterocycles. The highest BCUT2D eigenvalue weighted by Crippen LogP contribution is 2.09. The lowest BCUT2D eigenvalue weighted by atomic mass is 10.1. The first-order chi connectivity index (χ1) is 7.72. The number of carbonyl (C=O) groups excluding carboxylic acids is 1. The van der Waals surface area contributed by atoms with Crippen molar-refractivity contribution < 1.29 is 4.79 Å². The van der Waals surface area contributed by atoms with Gasteiger partial charge in [-0.2, -0.15) is 0 Å². The molecule has 0 saturated heterocycles. The van der Waals surface area contributed by atoms with Gasteiger partial charge in [0.05, 0.1) is 6.42 Å². The first-order valence-electron chi connectivity index (χ1n) is 5.44. The second-order valence-electron chi connectivity index (χ2n) is 3.51. The summed E-state index contributed by atoms with van der Waals surface area (Å²) in [6.45, 7) is 4.44. The van der Waals surface area contributed by atoms with E-state index >= 15 is 0 Å². The molecule has 1 rings (SSSR count). The van der Waals surface area contributed by atoms with Crippen molar-refractivity contribution in [2.45, 2.75) is 13.3 Å². The summed E-state index contributed by atoms with van der Waals surface area (Å²) < 4.78 is 0. The van der Waals surface area contributed by atoms with Crippen LogP contribution in [0.15, 0.2) is 24.3 Å². The molecule has 5 heteroatoms. The van der Waals surface area contributed by atoms with Crippen molar-refractivity contribution in [3.8, 4) is 0 Å². The lowest BCUT2D eigenvalue weighted by Gasteiger charge is -2.05. The van der Waals surface area contributed by atoms with Gasteiger partial charge in [0, 0.05) is 18.1 Å². The second-order valence-corrected chi connectivity index (χ2v) is 3.94. The quantitative estimate of drug-likeness (QED) is 0.781. The zero-order valence-corrected chi connectivity index (χ0v) is 11.4. The Hall–Kier alpha value is -0.770. The van der Waals surface area contributed by atoms with Crippen molar-refractivity contribution in [2.24, 2.45) is 0 Å². The van der Waals surface area contributed by atoms with Gasteiger partial charge in [-0.3, -0.25) is 4.79 Å². The number of benzene rings is 1. The third-order valence-corrected chi connectivity index (χ3v) is 2.40. The lowest BCUT2D eigenvalue weighted by Crippen LogP contribution is -2.32. The van der Waals surface area contributed by atoms with Gasteiger partial charge in [-0.25, -0.2) is 0 Å². The van der Waals surface area contributed by atoms with Crippen LogP contribution in [0.4, 0.5) is 0 Å². The van der Waals surface area contributed by atoms with Gasteiger partial charge >= 0.3 is 0 Å². The van der Waals surface area contributed by atoms with Gasteiger partial charge in [-0.05, 0) is 24.2 Å². The summed E-state index contributed by atoms with van der Waals surface area (Å²) in [7, 11) is 0. The zero-order valence-electron chi connectivity index (χ0n) is 9.83. The van der Waals surface area contributed by atoms with Crippen LogP contribution >= 0.6 is 24.0 Å². The van der Waals surface area contributed by atoms with Crippen molar-refractivity contribution in [1.82, 2.24) is 10.6 Å². The molecule has 0 aliphatic heterocycles. The SMILES string of the molecule is CCNCCNC(=O)Cc1ccc(Cl)cc1.Cl. The van der Waals surface area contributed by atoms with E-state index in [1.807, 2.05) is 19.1 Å². The molecular weight excluding hydrogens is 259 g/mol. The van der Waals surface area contributed by atoms with Crippen LogP contribution in [0.1, 0.15) is 12.5 Å². The van der Waals surface area contributed by atoms with Gasteiger partial charge in [0.15, 0.2) is 0 Å². The lowest BCUT2D eigenvalue weighted by molar-refractivity contribution is -0.120. The predicted molar refractivity (Wildman–Crippen MR) is 74.0 cm³/mol. The van der Waals surface area contributed by atoms with E-state index in [9.17, 15) is 4.79 Å². The Morgan fingerprint density at radius 3 is 2.47 bits per heavy atom. The molecule has 1 aromatic carbocycles. The first kappa shape index (κ1) is 16.2. The number of hydrogen-bond donors (Lipinski definition) is 2. The van der Waals surface area contributed by atoms with E-state index in [0.29, 0.717) is 18.0 Å². The van der Waals surface area contributed by atoms with Gasteiger partial charge < -0.3 is 10.6 Å². The minimum Gasteiger partial charge on any atom is -0.355 e. The highest BCUT2D eigenvalue weighted by atomic mass is 35.5. The Kier molecular flexibility index (Phi) is 8.86. The van der Waals surface area contributed by atoms with E-state index in [1.165, 1.54) is 0 Å². The van der Waals surface area contributed by atoms with E-state index in [4.69, 9.17) is 11.6 Å². The fraction of sp³-hybridized carbons (Fsp3) is 0.417. The third-order valence-electron chi connectivity index (χ3n) is 2.15. The molecule has 0 radical (unpaired) electrons. The third kappa shape index (κ3) is 7.21. The highest BCUT2D eigenvalue weighted by molar-refractivity contribution is 6.30. The van der Waals surface area contributed by atoms with Gasteiger partial charge in [-0.1, -0.05) is 30.7 Å². The maximum atomic E-state index is 11.5. The van der Waals surface area contributed by atoms with Gasteiger partial charge in [0.2, 0.25) is 5.91 Å². The van der Waals surface area contributed by atoms with Crippen LogP contribution in [0.5, 0.6) is 0 Å². The summed E-state index contributed by atoms with van der Waals surface area (Å²) in [4.78, 5) is 11.5. The number of halogens is 2. The predicted octanol–water partition coefficient (Wildman–Crippen LogP) is 2.03. The van der Waals surface area contributed by atoms with Crippen molar-refractivity contribution in [2.75, 3.05) is 19.6 Å². The van der Waals surface area contributed by atoms with Crippen LogP contribution in [-0.4, -0.2) is 25.5 Å². The number of likely N-dealkylation sites (N-methyl/N-ethyl adjacent to an activating group) is 1. The van der Waals surface area contributed by atoms with Crippen molar-refractivity contribution in [3.63, 3.8) is 0 Å². The van der Waals surface area contributed by atoms with E-state index in [0.717, 1.165) is 18.7 Å². The molecule has 0 atom stereocenters. The van der Waals surface area contributed by atoms with E-state index in [2.05, 4.69) is 10.6 Å². The van der Waals surface area contributed by atoms with Gasteiger partial charge in [0.25, 0.3) is 0 Å². The van der Waals surface area contributed by atoms with Gasteiger partial charge in [0.1, 0.15) is 0 Å². The Morgan fingerprint density at radius 2 is 1.88 bits per heavy atom. The number of hydrogen-bond acceptors (Lipinski definition) is 2. The Balaban J connectivity index is 0.00000256. The van der Waals surface area contributed by atoms with E-state index < -0.39 is 0 Å². The van der Waals surface area contributed by atoms with Crippen LogP contribution in [0.25, 0.3) is 0 Å². The molecule has 1 amide bonds. The summed E-state index contributed by atoms with van der Waals surface area (Å²) in [6, 6.07) is 7.32. The number of carbonyl (C=O) groups is 1. The number of amides is 1. The largest absolute Gasteiger partial charge is 0.355 e. The van der Waals surface area contributed by atoms with E-state index in [-0.39, 0.29) is 18.3 Å². The normalized spacial score (nSPS) is 9.53. The van der Waals surface area contributed by atoms with Crippen LogP contribution in [0.3, 0.4) is 0 Å².